The Morgan fingerprint density at radius 2 is 1.95 bits per heavy atom. The van der Waals surface area contributed by atoms with Crippen LogP contribution < -0.4 is 5.32 Å². The predicted octanol–water partition coefficient (Wildman–Crippen LogP) is 3.36. The summed E-state index contributed by atoms with van der Waals surface area (Å²) >= 11 is 5.89. The van der Waals surface area contributed by atoms with E-state index in [-0.39, 0.29) is 6.04 Å². The number of aromatic nitrogens is 2. The monoisotopic (exact) mass is 277 g/mol. The van der Waals surface area contributed by atoms with Crippen molar-refractivity contribution in [2.24, 2.45) is 7.05 Å². The molecule has 0 saturated heterocycles. The third kappa shape index (κ3) is 3.82. The molecule has 102 valence electrons. The molecule has 1 aromatic heterocycles. The van der Waals surface area contributed by atoms with E-state index in [0.717, 1.165) is 17.3 Å². The van der Waals surface area contributed by atoms with Crippen LogP contribution in [0.15, 0.2) is 36.7 Å². The van der Waals surface area contributed by atoms with E-state index in [1.165, 1.54) is 5.56 Å². The number of hydrogen-bond acceptors (Lipinski definition) is 2. The number of hydrogen-bond donors (Lipinski definition) is 1. The van der Waals surface area contributed by atoms with Crippen LogP contribution in [-0.2, 0) is 13.5 Å². The molecule has 1 aromatic carbocycles. The van der Waals surface area contributed by atoms with E-state index in [1.54, 1.807) is 0 Å². The van der Waals surface area contributed by atoms with Crippen LogP contribution >= 0.6 is 11.6 Å². The van der Waals surface area contributed by atoms with Gasteiger partial charge in [0.15, 0.2) is 0 Å². The van der Waals surface area contributed by atoms with Gasteiger partial charge >= 0.3 is 0 Å². The number of aryl methyl sites for hydroxylation is 1. The summed E-state index contributed by atoms with van der Waals surface area (Å²) in [7, 11) is 2.02. The van der Waals surface area contributed by atoms with Crippen LogP contribution in [0.4, 0.5) is 0 Å². The molecular formula is C15H20ClN3. The van der Waals surface area contributed by atoms with Crippen molar-refractivity contribution in [2.75, 3.05) is 0 Å². The van der Waals surface area contributed by atoms with Crippen molar-refractivity contribution < 1.29 is 0 Å². The molecule has 0 amide bonds. The van der Waals surface area contributed by atoms with Gasteiger partial charge in [-0.25, -0.2) is 4.98 Å². The van der Waals surface area contributed by atoms with Crippen molar-refractivity contribution in [1.29, 1.82) is 0 Å². The Hall–Kier alpha value is -1.32. The fraction of sp³-hybridized carbons (Fsp3) is 0.400. The number of imidazole rings is 1. The SMILES string of the molecule is CC(Cc1ccc(Cl)cc1)NC(C)c1nccn1C. The molecule has 3 nitrogen and oxygen atoms in total. The highest BCUT2D eigenvalue weighted by Crippen LogP contribution is 2.13. The molecule has 2 rings (SSSR count). The fourth-order valence-electron chi connectivity index (χ4n) is 2.33. The maximum atomic E-state index is 5.89. The van der Waals surface area contributed by atoms with Crippen LogP contribution in [0, 0.1) is 0 Å². The summed E-state index contributed by atoms with van der Waals surface area (Å²) in [6.07, 6.45) is 4.78. The first kappa shape index (κ1) is 14.1. The lowest BCUT2D eigenvalue weighted by Crippen LogP contribution is -2.32. The largest absolute Gasteiger partial charge is 0.337 e. The lowest BCUT2D eigenvalue weighted by Gasteiger charge is -2.20. The maximum absolute atomic E-state index is 5.89. The van der Waals surface area contributed by atoms with Gasteiger partial charge in [0.2, 0.25) is 0 Å². The molecule has 0 spiro atoms. The highest BCUT2D eigenvalue weighted by atomic mass is 35.5. The smallest absolute Gasteiger partial charge is 0.125 e. The predicted molar refractivity (Wildman–Crippen MR) is 79.4 cm³/mol. The van der Waals surface area contributed by atoms with Crippen molar-refractivity contribution in [3.05, 3.63) is 53.1 Å². The number of rotatable bonds is 5. The van der Waals surface area contributed by atoms with E-state index in [4.69, 9.17) is 11.6 Å². The standard InChI is InChI=1S/C15H20ClN3/c1-11(10-13-4-6-14(16)7-5-13)18-12(2)15-17-8-9-19(15)3/h4-9,11-12,18H,10H2,1-3H3. The second kappa shape index (κ2) is 6.22. The van der Waals surface area contributed by atoms with Crippen LogP contribution in [0.25, 0.3) is 0 Å². The topological polar surface area (TPSA) is 29.9 Å². The van der Waals surface area contributed by atoms with Crippen molar-refractivity contribution in [3.8, 4) is 0 Å². The molecule has 0 saturated carbocycles. The molecule has 2 atom stereocenters. The Labute approximate surface area is 119 Å². The molecule has 19 heavy (non-hydrogen) atoms. The molecule has 4 heteroatoms. The molecule has 1 heterocycles. The maximum Gasteiger partial charge on any atom is 0.125 e. The summed E-state index contributed by atoms with van der Waals surface area (Å²) in [4.78, 5) is 4.37. The summed E-state index contributed by atoms with van der Waals surface area (Å²) in [6.45, 7) is 4.33. The van der Waals surface area contributed by atoms with Crippen molar-refractivity contribution in [3.63, 3.8) is 0 Å². The first-order chi connectivity index (χ1) is 9.06. The molecule has 0 radical (unpaired) electrons. The minimum Gasteiger partial charge on any atom is -0.337 e. The number of halogens is 1. The Morgan fingerprint density at radius 3 is 2.53 bits per heavy atom. The lowest BCUT2D eigenvalue weighted by molar-refractivity contribution is 0.453. The zero-order chi connectivity index (χ0) is 13.8. The molecule has 0 fully saturated rings. The van der Waals surface area contributed by atoms with Crippen LogP contribution in [0.5, 0.6) is 0 Å². The van der Waals surface area contributed by atoms with Crippen LogP contribution in [0.3, 0.4) is 0 Å². The summed E-state index contributed by atoms with van der Waals surface area (Å²) in [5, 5.41) is 4.35. The minimum atomic E-state index is 0.238. The summed E-state index contributed by atoms with van der Waals surface area (Å²) in [5.41, 5.74) is 1.29. The fourth-order valence-corrected chi connectivity index (χ4v) is 2.45. The third-order valence-electron chi connectivity index (χ3n) is 3.24. The molecule has 0 bridgehead atoms. The van der Waals surface area contributed by atoms with Gasteiger partial charge in [0.25, 0.3) is 0 Å². The highest BCUT2D eigenvalue weighted by Gasteiger charge is 2.13. The summed E-state index contributed by atoms with van der Waals surface area (Å²) in [5.74, 6) is 1.06. The van der Waals surface area contributed by atoms with E-state index in [9.17, 15) is 0 Å². The normalized spacial score (nSPS) is 14.3. The quantitative estimate of drug-likeness (QED) is 0.908. The van der Waals surface area contributed by atoms with E-state index >= 15 is 0 Å². The molecule has 0 aliphatic heterocycles. The molecule has 0 aliphatic carbocycles. The highest BCUT2D eigenvalue weighted by molar-refractivity contribution is 6.30. The summed E-state index contributed by atoms with van der Waals surface area (Å²) in [6, 6.07) is 8.64. The molecular weight excluding hydrogens is 258 g/mol. The second-order valence-corrected chi connectivity index (χ2v) is 5.45. The van der Waals surface area contributed by atoms with Gasteiger partial charge in [-0.1, -0.05) is 23.7 Å². The lowest BCUT2D eigenvalue weighted by atomic mass is 10.1. The first-order valence-corrected chi connectivity index (χ1v) is 6.91. The van der Waals surface area contributed by atoms with Crippen LogP contribution in [-0.4, -0.2) is 15.6 Å². The van der Waals surface area contributed by atoms with E-state index < -0.39 is 0 Å². The number of nitrogens with zero attached hydrogens (tertiary/aromatic N) is 2. The average Bonchev–Trinajstić information content (AvgIpc) is 2.78. The zero-order valence-electron chi connectivity index (χ0n) is 11.6. The average molecular weight is 278 g/mol. The van der Waals surface area contributed by atoms with Gasteiger partial charge in [-0.2, -0.15) is 0 Å². The van der Waals surface area contributed by atoms with E-state index in [0.29, 0.717) is 6.04 Å². The number of benzene rings is 1. The number of nitrogens with one attached hydrogen (secondary N) is 1. The second-order valence-electron chi connectivity index (χ2n) is 5.02. The zero-order valence-corrected chi connectivity index (χ0v) is 12.4. The van der Waals surface area contributed by atoms with Gasteiger partial charge in [-0.3, -0.25) is 0 Å². The van der Waals surface area contributed by atoms with Crippen molar-refractivity contribution >= 4 is 11.6 Å². The molecule has 2 unspecified atom stereocenters. The Kier molecular flexibility index (Phi) is 4.61. The first-order valence-electron chi connectivity index (χ1n) is 6.54. The van der Waals surface area contributed by atoms with Gasteiger partial charge in [-0.15, -0.1) is 0 Å². The Bertz CT molecular complexity index is 518. The van der Waals surface area contributed by atoms with Gasteiger partial charge in [0.1, 0.15) is 5.82 Å². The molecule has 0 aliphatic rings. The van der Waals surface area contributed by atoms with E-state index in [1.807, 2.05) is 36.1 Å². The van der Waals surface area contributed by atoms with Gasteiger partial charge in [-0.05, 0) is 38.0 Å². The Balaban J connectivity index is 1.92. The van der Waals surface area contributed by atoms with E-state index in [2.05, 4.69) is 36.3 Å². The van der Waals surface area contributed by atoms with Crippen molar-refractivity contribution in [1.82, 2.24) is 14.9 Å². The van der Waals surface area contributed by atoms with Crippen LogP contribution in [0.1, 0.15) is 31.3 Å². The molecule has 1 N–H and O–H groups in total. The van der Waals surface area contributed by atoms with Gasteiger partial charge in [0, 0.05) is 30.5 Å². The van der Waals surface area contributed by atoms with Crippen molar-refractivity contribution in [2.45, 2.75) is 32.4 Å². The minimum absolute atomic E-state index is 0.238. The summed E-state index contributed by atoms with van der Waals surface area (Å²) < 4.78 is 2.05. The van der Waals surface area contributed by atoms with Gasteiger partial charge in [0.05, 0.1) is 6.04 Å². The Morgan fingerprint density at radius 1 is 1.26 bits per heavy atom. The third-order valence-corrected chi connectivity index (χ3v) is 3.49. The van der Waals surface area contributed by atoms with Gasteiger partial charge < -0.3 is 9.88 Å². The van der Waals surface area contributed by atoms with Crippen LogP contribution in [0.2, 0.25) is 5.02 Å². The molecule has 2 aromatic rings.